The molecule has 1 aliphatic carbocycles. The summed E-state index contributed by atoms with van der Waals surface area (Å²) < 4.78 is 19.4. The van der Waals surface area contributed by atoms with E-state index in [-0.39, 0.29) is 36.0 Å². The first kappa shape index (κ1) is 20.5. The second-order valence-electron chi connectivity index (χ2n) is 8.15. The zero-order valence-corrected chi connectivity index (χ0v) is 17.2. The van der Waals surface area contributed by atoms with Crippen LogP contribution < -0.4 is 0 Å². The highest BCUT2D eigenvalue weighted by atomic mass is 19.1. The first-order valence-corrected chi connectivity index (χ1v) is 10.6. The Morgan fingerprint density at radius 1 is 1.13 bits per heavy atom. The molecule has 2 fully saturated rings. The Labute approximate surface area is 175 Å². The summed E-state index contributed by atoms with van der Waals surface area (Å²) in [4.78, 5) is 34.0. The number of carbonyl (C=O) groups excluding carboxylic acids is 2. The number of nitrogens with zero attached hydrogens (tertiary/aromatic N) is 4. The van der Waals surface area contributed by atoms with Crippen LogP contribution in [-0.2, 0) is 16.0 Å². The summed E-state index contributed by atoms with van der Waals surface area (Å²) in [5, 5.41) is 3.89. The molecule has 1 saturated heterocycles. The van der Waals surface area contributed by atoms with E-state index in [2.05, 4.69) is 10.1 Å². The summed E-state index contributed by atoms with van der Waals surface area (Å²) in [5.41, 5.74) is 0.384. The molecule has 2 aliphatic rings. The van der Waals surface area contributed by atoms with Crippen LogP contribution in [0.5, 0.6) is 0 Å². The highest BCUT2D eigenvalue weighted by Crippen LogP contribution is 2.32. The van der Waals surface area contributed by atoms with Crippen LogP contribution in [-0.4, -0.2) is 51.4 Å². The van der Waals surface area contributed by atoms with Gasteiger partial charge in [0.2, 0.25) is 17.7 Å². The lowest BCUT2D eigenvalue weighted by atomic mass is 10.0. The van der Waals surface area contributed by atoms with Crippen LogP contribution in [0, 0.1) is 18.7 Å². The predicted molar refractivity (Wildman–Crippen MR) is 107 cm³/mol. The van der Waals surface area contributed by atoms with E-state index in [1.165, 1.54) is 6.07 Å². The van der Waals surface area contributed by atoms with Gasteiger partial charge in [-0.2, -0.15) is 4.98 Å². The lowest BCUT2D eigenvalue weighted by molar-refractivity contribution is -0.138. The van der Waals surface area contributed by atoms with Crippen molar-refractivity contribution in [3.63, 3.8) is 0 Å². The minimum atomic E-state index is -0.377. The van der Waals surface area contributed by atoms with Crippen molar-refractivity contribution in [1.29, 1.82) is 0 Å². The van der Waals surface area contributed by atoms with E-state index in [1.54, 1.807) is 30.0 Å². The maximum Gasteiger partial charge on any atom is 0.249 e. The van der Waals surface area contributed by atoms with Gasteiger partial charge in [0, 0.05) is 25.6 Å². The predicted octanol–water partition coefficient (Wildman–Crippen LogP) is 3.05. The molecule has 2 heterocycles. The van der Waals surface area contributed by atoms with E-state index in [1.807, 2.05) is 4.90 Å². The monoisotopic (exact) mass is 414 g/mol. The van der Waals surface area contributed by atoms with Gasteiger partial charge in [-0.1, -0.05) is 36.2 Å². The van der Waals surface area contributed by atoms with Gasteiger partial charge >= 0.3 is 0 Å². The molecule has 4 rings (SSSR count). The molecule has 1 unspecified atom stereocenters. The Morgan fingerprint density at radius 3 is 2.60 bits per heavy atom. The topological polar surface area (TPSA) is 79.5 Å². The Kier molecular flexibility index (Phi) is 6.11. The van der Waals surface area contributed by atoms with Crippen molar-refractivity contribution < 1.29 is 18.5 Å². The van der Waals surface area contributed by atoms with Gasteiger partial charge in [0.1, 0.15) is 11.9 Å². The number of halogens is 1. The number of aryl methyl sites for hydroxylation is 1. The molecular formula is C22H27FN4O3. The van der Waals surface area contributed by atoms with Gasteiger partial charge < -0.3 is 14.3 Å². The summed E-state index contributed by atoms with van der Waals surface area (Å²) >= 11 is 0. The van der Waals surface area contributed by atoms with Crippen molar-refractivity contribution in [2.75, 3.05) is 19.6 Å². The highest BCUT2D eigenvalue weighted by molar-refractivity contribution is 5.81. The summed E-state index contributed by atoms with van der Waals surface area (Å²) in [7, 11) is 0. The molecular weight excluding hydrogens is 387 g/mol. The van der Waals surface area contributed by atoms with Gasteiger partial charge in [0.05, 0.1) is 6.42 Å². The third-order valence-electron chi connectivity index (χ3n) is 6.13. The summed E-state index contributed by atoms with van der Waals surface area (Å²) in [6, 6.07) is 5.99. The van der Waals surface area contributed by atoms with E-state index < -0.39 is 0 Å². The van der Waals surface area contributed by atoms with E-state index in [9.17, 15) is 14.0 Å². The van der Waals surface area contributed by atoms with Gasteiger partial charge in [0.25, 0.3) is 0 Å². The van der Waals surface area contributed by atoms with Crippen LogP contribution in [0.25, 0.3) is 0 Å². The highest BCUT2D eigenvalue weighted by Gasteiger charge is 2.37. The third-order valence-corrected chi connectivity index (χ3v) is 6.13. The second kappa shape index (κ2) is 8.93. The molecule has 1 aromatic carbocycles. The van der Waals surface area contributed by atoms with Gasteiger partial charge in [-0.05, 0) is 37.8 Å². The van der Waals surface area contributed by atoms with Crippen molar-refractivity contribution >= 4 is 11.8 Å². The van der Waals surface area contributed by atoms with Crippen LogP contribution in [0.3, 0.4) is 0 Å². The minimum Gasteiger partial charge on any atom is -0.341 e. The summed E-state index contributed by atoms with van der Waals surface area (Å²) in [6.07, 6.45) is 4.47. The maximum atomic E-state index is 14.0. The Balaban J connectivity index is 1.51. The fourth-order valence-electron chi connectivity index (χ4n) is 4.47. The molecule has 2 aromatic rings. The molecule has 8 heteroatoms. The fourth-order valence-corrected chi connectivity index (χ4v) is 4.47. The van der Waals surface area contributed by atoms with Gasteiger partial charge in [-0.3, -0.25) is 9.59 Å². The van der Waals surface area contributed by atoms with E-state index in [4.69, 9.17) is 4.52 Å². The molecule has 30 heavy (non-hydrogen) atoms. The number of benzene rings is 1. The third kappa shape index (κ3) is 4.37. The van der Waals surface area contributed by atoms with Crippen molar-refractivity contribution in [2.24, 2.45) is 5.92 Å². The summed E-state index contributed by atoms with van der Waals surface area (Å²) in [6.45, 7) is 3.02. The molecule has 1 aromatic heterocycles. The number of amides is 2. The van der Waals surface area contributed by atoms with Crippen molar-refractivity contribution in [1.82, 2.24) is 19.9 Å². The van der Waals surface area contributed by atoms with Crippen LogP contribution in [0.15, 0.2) is 28.8 Å². The van der Waals surface area contributed by atoms with Crippen LogP contribution in [0.2, 0.25) is 0 Å². The van der Waals surface area contributed by atoms with Gasteiger partial charge in [-0.15, -0.1) is 0 Å². The molecule has 0 bridgehead atoms. The molecule has 2 amide bonds. The molecule has 7 nitrogen and oxygen atoms in total. The first-order chi connectivity index (χ1) is 14.5. The molecule has 1 aliphatic heterocycles. The van der Waals surface area contributed by atoms with Crippen LogP contribution in [0.4, 0.5) is 4.39 Å². The van der Waals surface area contributed by atoms with Gasteiger partial charge in [-0.25, -0.2) is 4.39 Å². The zero-order valence-electron chi connectivity index (χ0n) is 17.2. The SMILES string of the molecule is Cc1noc(C2CCN(C(=O)Cc3ccccc3F)CCN2C(=O)C2CCCC2)n1. The largest absolute Gasteiger partial charge is 0.341 e. The Bertz CT molecular complexity index is 909. The number of aromatic nitrogens is 2. The Morgan fingerprint density at radius 2 is 1.90 bits per heavy atom. The lowest BCUT2D eigenvalue weighted by Crippen LogP contribution is -2.41. The van der Waals surface area contributed by atoms with E-state index in [0.29, 0.717) is 43.3 Å². The van der Waals surface area contributed by atoms with E-state index in [0.717, 1.165) is 25.7 Å². The smallest absolute Gasteiger partial charge is 0.249 e. The number of hydrogen-bond acceptors (Lipinski definition) is 5. The van der Waals surface area contributed by atoms with Crippen molar-refractivity contribution in [3.05, 3.63) is 47.4 Å². The van der Waals surface area contributed by atoms with E-state index >= 15 is 0 Å². The van der Waals surface area contributed by atoms with Crippen LogP contribution >= 0.6 is 0 Å². The van der Waals surface area contributed by atoms with Crippen molar-refractivity contribution in [3.8, 4) is 0 Å². The fraction of sp³-hybridized carbons (Fsp3) is 0.545. The normalized spacial score (nSPS) is 20.4. The second-order valence-corrected chi connectivity index (χ2v) is 8.15. The quantitative estimate of drug-likeness (QED) is 0.768. The number of carbonyl (C=O) groups is 2. The molecule has 0 spiro atoms. The first-order valence-electron chi connectivity index (χ1n) is 10.6. The molecule has 1 saturated carbocycles. The lowest BCUT2D eigenvalue weighted by Gasteiger charge is -2.29. The molecule has 1 atom stereocenters. The molecule has 160 valence electrons. The Hall–Kier alpha value is -2.77. The molecule has 0 N–H and O–H groups in total. The average molecular weight is 414 g/mol. The number of hydrogen-bond donors (Lipinski definition) is 0. The van der Waals surface area contributed by atoms with Crippen LogP contribution in [0.1, 0.15) is 55.4 Å². The van der Waals surface area contributed by atoms with Crippen molar-refractivity contribution in [2.45, 2.75) is 51.5 Å². The zero-order chi connectivity index (χ0) is 21.1. The molecule has 0 radical (unpaired) electrons. The standard InChI is InChI=1S/C22H27FN4O3/c1-15-24-21(30-25-15)19-10-11-26(20(28)14-17-8-4-5-9-18(17)23)12-13-27(19)22(29)16-6-2-3-7-16/h4-5,8-9,16,19H,2-3,6-7,10-14H2,1H3. The maximum absolute atomic E-state index is 14.0. The minimum absolute atomic E-state index is 0.00752. The summed E-state index contributed by atoms with van der Waals surface area (Å²) in [5.74, 6) is 0.555. The van der Waals surface area contributed by atoms with Gasteiger partial charge in [0.15, 0.2) is 5.82 Å². The average Bonchev–Trinajstić information content (AvgIpc) is 3.37. The number of rotatable bonds is 4.